The minimum absolute atomic E-state index is 0.148. The lowest BCUT2D eigenvalue weighted by Gasteiger charge is -2.25. The van der Waals surface area contributed by atoms with Crippen LogP contribution in [0.2, 0.25) is 0 Å². The van der Waals surface area contributed by atoms with E-state index in [-0.39, 0.29) is 11.0 Å². The molecule has 0 saturated heterocycles. The number of alkyl halides is 3. The zero-order chi connectivity index (χ0) is 22.0. The number of carbonyl (C=O) groups is 2. The molecule has 0 heterocycles. The minimum Gasteiger partial charge on any atom is -0.481 e. The fourth-order valence-corrected chi connectivity index (χ4v) is 3.27. The van der Waals surface area contributed by atoms with Crippen LogP contribution in [-0.4, -0.2) is 22.2 Å². The maximum atomic E-state index is 12.8. The first-order valence-corrected chi connectivity index (χ1v) is 9.03. The van der Waals surface area contributed by atoms with Crippen molar-refractivity contribution in [1.82, 2.24) is 0 Å². The largest absolute Gasteiger partial charge is 0.481 e. The van der Waals surface area contributed by atoms with Crippen molar-refractivity contribution in [3.05, 3.63) is 70.8 Å². The molecule has 0 aliphatic heterocycles. The second kappa shape index (κ2) is 8.27. The number of rotatable bonds is 6. The highest BCUT2D eigenvalue weighted by Gasteiger charge is 2.35. The van der Waals surface area contributed by atoms with Crippen LogP contribution in [0.25, 0.3) is 0 Å². The topological polar surface area (TPSA) is 74.6 Å². The van der Waals surface area contributed by atoms with Gasteiger partial charge in [0.1, 0.15) is 0 Å². The van der Waals surface area contributed by atoms with Crippen LogP contribution in [-0.2, 0) is 21.2 Å². The van der Waals surface area contributed by atoms with E-state index >= 15 is 0 Å². The Hall–Kier alpha value is -2.83. The molecule has 0 spiro atoms. The summed E-state index contributed by atoms with van der Waals surface area (Å²) in [5, 5.41) is 19.1. The second-order valence-electron chi connectivity index (χ2n) is 8.01. The van der Waals surface area contributed by atoms with E-state index in [2.05, 4.69) is 0 Å². The molecule has 0 radical (unpaired) electrons. The molecule has 0 bridgehead atoms. The zero-order valence-corrected chi connectivity index (χ0v) is 16.3. The van der Waals surface area contributed by atoms with Gasteiger partial charge in [0.05, 0.1) is 17.9 Å². The Labute approximate surface area is 167 Å². The smallest absolute Gasteiger partial charge is 0.416 e. The molecule has 0 aliphatic carbocycles. The maximum Gasteiger partial charge on any atom is 0.416 e. The predicted molar refractivity (Wildman–Crippen MR) is 102 cm³/mol. The van der Waals surface area contributed by atoms with Crippen molar-refractivity contribution < 1.29 is 33.0 Å². The lowest BCUT2D eigenvalue weighted by molar-refractivity contribution is -0.141. The summed E-state index contributed by atoms with van der Waals surface area (Å²) < 4.78 is 38.5. The predicted octanol–water partition coefficient (Wildman–Crippen LogP) is 5.43. The Morgan fingerprint density at radius 3 is 1.66 bits per heavy atom. The number of benzene rings is 2. The Kier molecular flexibility index (Phi) is 6.40. The average Bonchev–Trinajstić information content (AvgIpc) is 2.59. The summed E-state index contributed by atoms with van der Waals surface area (Å²) in [6.07, 6.45) is -5.06. The molecule has 2 unspecified atom stereocenters. The van der Waals surface area contributed by atoms with Crippen LogP contribution in [0.3, 0.4) is 0 Å². The van der Waals surface area contributed by atoms with Crippen LogP contribution in [0.4, 0.5) is 13.2 Å². The van der Waals surface area contributed by atoms with Crippen molar-refractivity contribution in [2.45, 2.75) is 50.6 Å². The fourth-order valence-electron chi connectivity index (χ4n) is 3.27. The second-order valence-corrected chi connectivity index (χ2v) is 8.01. The number of carboxylic acids is 2. The molecule has 156 valence electrons. The molecular weight excluding hydrogens is 385 g/mol. The van der Waals surface area contributed by atoms with Crippen molar-refractivity contribution in [3.8, 4) is 0 Å². The summed E-state index contributed by atoms with van der Waals surface area (Å²) in [4.78, 5) is 23.4. The van der Waals surface area contributed by atoms with Gasteiger partial charge in [0.15, 0.2) is 0 Å². The molecule has 0 saturated carbocycles. The molecule has 2 N–H and O–H groups in total. The van der Waals surface area contributed by atoms with Crippen molar-refractivity contribution in [2.75, 3.05) is 0 Å². The summed E-state index contributed by atoms with van der Waals surface area (Å²) >= 11 is 0. The molecule has 7 heteroatoms. The van der Waals surface area contributed by atoms with Crippen LogP contribution in [0.1, 0.15) is 61.3 Å². The molecule has 0 amide bonds. The summed E-state index contributed by atoms with van der Waals surface area (Å²) in [5.41, 5.74) is 0.585. The minimum atomic E-state index is -4.53. The molecule has 29 heavy (non-hydrogen) atoms. The standard InChI is InChI=1S/C22H23F3O4/c1-21(2,3)15-8-6-14(7-9-15)19(20(28)29)17(12-18(26)27)13-4-10-16(11-5-13)22(23,24)25/h4-11,17,19H,12H2,1-3H3,(H,26,27)(H,28,29). The van der Waals surface area contributed by atoms with Gasteiger partial charge in [-0.25, -0.2) is 0 Å². The first-order valence-electron chi connectivity index (χ1n) is 9.03. The van der Waals surface area contributed by atoms with E-state index in [1.165, 1.54) is 0 Å². The number of hydrogen-bond donors (Lipinski definition) is 2. The summed E-state index contributed by atoms with van der Waals surface area (Å²) in [5.74, 6) is -4.70. The van der Waals surface area contributed by atoms with Gasteiger partial charge < -0.3 is 10.2 Å². The van der Waals surface area contributed by atoms with Gasteiger partial charge in [-0.3, -0.25) is 9.59 Å². The van der Waals surface area contributed by atoms with Crippen LogP contribution in [0.5, 0.6) is 0 Å². The number of carboxylic acid groups (broad SMARTS) is 2. The van der Waals surface area contributed by atoms with Gasteiger partial charge in [0, 0.05) is 5.92 Å². The van der Waals surface area contributed by atoms with Gasteiger partial charge in [-0.05, 0) is 34.2 Å². The Morgan fingerprint density at radius 2 is 1.28 bits per heavy atom. The molecule has 2 rings (SSSR count). The average molecular weight is 408 g/mol. The van der Waals surface area contributed by atoms with E-state index in [0.29, 0.717) is 5.56 Å². The Balaban J connectivity index is 2.49. The SMILES string of the molecule is CC(C)(C)c1ccc(C(C(=O)O)C(CC(=O)O)c2ccc(C(F)(F)F)cc2)cc1. The normalized spacial score (nSPS) is 14.3. The van der Waals surface area contributed by atoms with Gasteiger partial charge in [0.25, 0.3) is 0 Å². The van der Waals surface area contributed by atoms with Crippen LogP contribution < -0.4 is 0 Å². The Bertz CT molecular complexity index is 863. The molecule has 0 aromatic heterocycles. The van der Waals surface area contributed by atoms with Gasteiger partial charge >= 0.3 is 18.1 Å². The summed E-state index contributed by atoms with van der Waals surface area (Å²) in [6, 6.07) is 10.8. The Morgan fingerprint density at radius 1 is 0.828 bits per heavy atom. The molecule has 4 nitrogen and oxygen atoms in total. The fraction of sp³-hybridized carbons (Fsp3) is 0.364. The van der Waals surface area contributed by atoms with E-state index in [4.69, 9.17) is 0 Å². The van der Waals surface area contributed by atoms with Crippen molar-refractivity contribution in [1.29, 1.82) is 0 Å². The first kappa shape index (κ1) is 22.5. The molecule has 2 atom stereocenters. The lowest BCUT2D eigenvalue weighted by Crippen LogP contribution is -2.23. The first-order chi connectivity index (χ1) is 13.3. The van der Waals surface area contributed by atoms with Crippen molar-refractivity contribution in [2.24, 2.45) is 0 Å². The van der Waals surface area contributed by atoms with E-state index in [1.54, 1.807) is 24.3 Å². The highest BCUT2D eigenvalue weighted by molar-refractivity contribution is 5.79. The van der Waals surface area contributed by atoms with E-state index < -0.39 is 41.9 Å². The highest BCUT2D eigenvalue weighted by atomic mass is 19.4. The third-order valence-electron chi connectivity index (χ3n) is 4.86. The van der Waals surface area contributed by atoms with Crippen LogP contribution >= 0.6 is 0 Å². The molecule has 0 aliphatic rings. The van der Waals surface area contributed by atoms with Crippen LogP contribution in [0, 0.1) is 0 Å². The maximum absolute atomic E-state index is 12.8. The zero-order valence-electron chi connectivity index (χ0n) is 16.3. The number of halogens is 3. The number of aliphatic carboxylic acids is 2. The third-order valence-corrected chi connectivity index (χ3v) is 4.86. The van der Waals surface area contributed by atoms with Crippen LogP contribution in [0.15, 0.2) is 48.5 Å². The van der Waals surface area contributed by atoms with Gasteiger partial charge in [0.2, 0.25) is 0 Å². The quantitative estimate of drug-likeness (QED) is 0.668. The monoisotopic (exact) mass is 408 g/mol. The van der Waals surface area contributed by atoms with Gasteiger partial charge in [-0.2, -0.15) is 13.2 Å². The number of hydrogen-bond acceptors (Lipinski definition) is 2. The summed E-state index contributed by atoms with van der Waals surface area (Å²) in [6.45, 7) is 6.02. The summed E-state index contributed by atoms with van der Waals surface area (Å²) in [7, 11) is 0. The van der Waals surface area contributed by atoms with E-state index in [9.17, 15) is 33.0 Å². The van der Waals surface area contributed by atoms with Crippen molar-refractivity contribution >= 4 is 11.9 Å². The van der Waals surface area contributed by atoms with Gasteiger partial charge in [-0.15, -0.1) is 0 Å². The van der Waals surface area contributed by atoms with E-state index in [1.807, 2.05) is 20.8 Å². The molecule has 0 fully saturated rings. The molecule has 2 aromatic rings. The lowest BCUT2D eigenvalue weighted by atomic mass is 9.78. The van der Waals surface area contributed by atoms with E-state index in [0.717, 1.165) is 29.8 Å². The third kappa shape index (κ3) is 5.59. The molecular formula is C22H23F3O4. The van der Waals surface area contributed by atoms with Crippen molar-refractivity contribution in [3.63, 3.8) is 0 Å². The van der Waals surface area contributed by atoms with Gasteiger partial charge in [-0.1, -0.05) is 57.2 Å². The molecule has 2 aromatic carbocycles. The highest BCUT2D eigenvalue weighted by Crippen LogP contribution is 2.38.